The van der Waals surface area contributed by atoms with Crippen LogP contribution in [0.4, 0.5) is 0 Å². The van der Waals surface area contributed by atoms with E-state index in [0.717, 1.165) is 0 Å². The highest BCUT2D eigenvalue weighted by molar-refractivity contribution is 8.02. The second-order valence-electron chi connectivity index (χ2n) is 17.5. The molecule has 0 saturated carbocycles. The molecule has 0 spiro atoms. The van der Waals surface area contributed by atoms with Crippen molar-refractivity contribution in [1.29, 1.82) is 0 Å². The van der Waals surface area contributed by atoms with E-state index in [9.17, 15) is 0 Å². The highest BCUT2D eigenvalue weighted by Crippen LogP contribution is 2.58. The fraction of sp³-hybridized carbons (Fsp3) is 0.310. The minimum absolute atomic E-state index is 1.19. The van der Waals surface area contributed by atoms with Gasteiger partial charge in [-0.25, -0.2) is 0 Å². The van der Waals surface area contributed by atoms with Crippen molar-refractivity contribution in [1.82, 2.24) is 0 Å². The van der Waals surface area contributed by atoms with Gasteiger partial charge in [-0.05, 0) is 171 Å². The summed E-state index contributed by atoms with van der Waals surface area (Å²) in [5, 5.41) is 0. The molecule has 0 aliphatic heterocycles. The van der Waals surface area contributed by atoms with Crippen LogP contribution in [0.2, 0.25) is 0 Å². The molecule has 10 aromatic rings. The number of thiophene rings is 10. The molecule has 0 saturated heterocycles. The van der Waals surface area contributed by atoms with Crippen LogP contribution >= 0.6 is 160 Å². The molecule has 0 aromatic carbocycles. The molecular formula is C58H58S14. The van der Waals surface area contributed by atoms with Crippen LogP contribution in [0.15, 0.2) is 114 Å². The van der Waals surface area contributed by atoms with Gasteiger partial charge in [0.15, 0.2) is 0 Å². The Hall–Kier alpha value is -1.60. The Bertz CT molecular complexity index is 3090. The standard InChI is InChI=1S/C58H58S14/c1-7-11-31-59-49-27-23-41(67-49)37-15-19-45(63-37)53-35(5)55(71-57(53)47-21-17-39(65-47)43-25-29-51(69-43)61-33-13-9-3)56-36(6)54(46-20-16-38(64-46)42-24-28-50(68-42)60-32-12-8-2)58(72-56)48-22-18-40(66-48)44-26-30-52(70-44)62-34-14-10-4/h15-30H,7-14,31-34H2,1-6H3. The Morgan fingerprint density at radius 2 is 0.500 bits per heavy atom. The third kappa shape index (κ3) is 12.4. The van der Waals surface area contributed by atoms with Crippen molar-refractivity contribution in [2.24, 2.45) is 0 Å². The zero-order chi connectivity index (χ0) is 49.6. The lowest BCUT2D eigenvalue weighted by atomic mass is 10.0. The van der Waals surface area contributed by atoms with Crippen molar-refractivity contribution in [3.63, 3.8) is 0 Å². The first-order chi connectivity index (χ1) is 35.3. The molecule has 0 bridgehead atoms. The average molecular weight is 1200 g/mol. The van der Waals surface area contributed by atoms with E-state index in [0.29, 0.717) is 0 Å². The molecule has 0 fully saturated rings. The van der Waals surface area contributed by atoms with Crippen LogP contribution < -0.4 is 0 Å². The number of hydrogen-bond acceptors (Lipinski definition) is 14. The number of rotatable bonds is 25. The lowest BCUT2D eigenvalue weighted by molar-refractivity contribution is 0.896. The van der Waals surface area contributed by atoms with Crippen LogP contribution in [-0.4, -0.2) is 23.0 Å². The zero-order valence-electron chi connectivity index (χ0n) is 41.4. The lowest BCUT2D eigenvalue weighted by Crippen LogP contribution is -1.81. The Labute approximate surface area is 484 Å². The molecule has 0 radical (unpaired) electrons. The molecular weight excluding hydrogens is 1150 g/mol. The molecule has 10 aromatic heterocycles. The zero-order valence-corrected chi connectivity index (χ0v) is 52.9. The molecule has 10 heterocycles. The summed E-state index contributed by atoms with van der Waals surface area (Å²) >= 11 is 27.8. The Morgan fingerprint density at radius 3 is 0.792 bits per heavy atom. The highest BCUT2D eigenvalue weighted by Gasteiger charge is 2.28. The fourth-order valence-electron chi connectivity index (χ4n) is 8.18. The van der Waals surface area contributed by atoms with Crippen molar-refractivity contribution < 1.29 is 0 Å². The van der Waals surface area contributed by atoms with Crippen molar-refractivity contribution in [2.75, 3.05) is 23.0 Å². The van der Waals surface area contributed by atoms with Gasteiger partial charge in [0.1, 0.15) is 0 Å². The molecule has 10 rings (SSSR count). The molecule has 0 amide bonds. The second kappa shape index (κ2) is 25.7. The summed E-state index contributed by atoms with van der Waals surface area (Å²) < 4.78 is 5.70. The van der Waals surface area contributed by atoms with Crippen molar-refractivity contribution >= 4 is 160 Å². The molecule has 0 N–H and O–H groups in total. The van der Waals surface area contributed by atoms with E-state index >= 15 is 0 Å². The highest BCUT2D eigenvalue weighted by atomic mass is 32.2. The Balaban J connectivity index is 1.07. The predicted molar refractivity (Wildman–Crippen MR) is 346 cm³/mol. The first-order valence-electron chi connectivity index (χ1n) is 24.9. The van der Waals surface area contributed by atoms with Crippen molar-refractivity contribution in [3.05, 3.63) is 108 Å². The van der Waals surface area contributed by atoms with Gasteiger partial charge in [-0.1, -0.05) is 53.4 Å². The second-order valence-corrected chi connectivity index (χ2v) is 33.8. The average Bonchev–Trinajstić information content (AvgIpc) is 4.22. The van der Waals surface area contributed by atoms with Gasteiger partial charge >= 0.3 is 0 Å². The number of hydrogen-bond donors (Lipinski definition) is 0. The molecule has 14 heteroatoms. The van der Waals surface area contributed by atoms with Gasteiger partial charge in [0.05, 0.1) is 26.6 Å². The monoisotopic (exact) mass is 1200 g/mol. The fourth-order valence-corrected chi connectivity index (χ4v) is 25.2. The molecule has 0 unspecified atom stereocenters. The summed E-state index contributed by atoms with van der Waals surface area (Å²) in [5.74, 6) is 4.76. The number of unbranched alkanes of at least 4 members (excludes halogenated alkanes) is 4. The SMILES string of the molecule is CCCCSc1ccc(-c2ccc(-c3sc(-c4sc(-c5ccc(-c6ccc(SCCCC)s6)s5)c(-c5ccc(-c6ccc(SCCCC)s6)s5)c4C)c(C)c3-c3ccc(-c4ccc(SCCCC)s4)s3)s2)s1. The van der Waals surface area contributed by atoms with E-state index in [1.54, 1.807) is 0 Å². The summed E-state index contributed by atoms with van der Waals surface area (Å²) in [6, 6.07) is 37.9. The third-order valence-electron chi connectivity index (χ3n) is 12.1. The lowest BCUT2D eigenvalue weighted by Gasteiger charge is -2.04. The smallest absolute Gasteiger partial charge is 0.0605 e. The van der Waals surface area contributed by atoms with Crippen LogP contribution in [0.3, 0.4) is 0 Å². The third-order valence-corrected chi connectivity index (χ3v) is 30.0. The largest absolute Gasteiger partial charge is 0.134 e. The van der Waals surface area contributed by atoms with Gasteiger partial charge in [0.2, 0.25) is 0 Å². The Morgan fingerprint density at radius 1 is 0.264 bits per heavy atom. The van der Waals surface area contributed by atoms with E-state index in [4.69, 9.17) is 0 Å². The molecule has 72 heavy (non-hydrogen) atoms. The summed E-state index contributed by atoms with van der Waals surface area (Å²) in [6.07, 6.45) is 10.0. The maximum atomic E-state index is 2.41. The predicted octanol–water partition coefficient (Wildman–Crippen LogP) is 25.5. The maximum absolute atomic E-state index is 2.41. The minimum atomic E-state index is 1.19. The summed E-state index contributed by atoms with van der Waals surface area (Å²) in [5.41, 5.74) is 5.59. The topological polar surface area (TPSA) is 0 Å². The summed E-state index contributed by atoms with van der Waals surface area (Å²) in [7, 11) is 0. The van der Waals surface area contributed by atoms with Gasteiger partial charge in [0, 0.05) is 79.4 Å². The van der Waals surface area contributed by atoms with Crippen LogP contribution in [0.5, 0.6) is 0 Å². The van der Waals surface area contributed by atoms with Crippen LogP contribution in [0.1, 0.15) is 90.2 Å². The van der Waals surface area contributed by atoms with E-state index in [-0.39, 0.29) is 0 Å². The van der Waals surface area contributed by atoms with E-state index in [1.807, 2.05) is 160 Å². The first-order valence-corrected chi connectivity index (χ1v) is 37.0. The van der Waals surface area contributed by atoms with E-state index in [2.05, 4.69) is 139 Å². The normalized spacial score (nSPS) is 11.8. The van der Waals surface area contributed by atoms with Gasteiger partial charge in [0.25, 0.3) is 0 Å². The Kier molecular flexibility index (Phi) is 19.2. The van der Waals surface area contributed by atoms with Crippen molar-refractivity contribution in [3.8, 4) is 89.2 Å². The van der Waals surface area contributed by atoms with Crippen molar-refractivity contribution in [2.45, 2.75) is 110 Å². The minimum Gasteiger partial charge on any atom is -0.134 e. The molecule has 0 aliphatic carbocycles. The number of thioether (sulfide) groups is 4. The van der Waals surface area contributed by atoms with Gasteiger partial charge in [-0.2, -0.15) is 0 Å². The molecule has 0 atom stereocenters. The summed E-state index contributed by atoms with van der Waals surface area (Å²) in [4.78, 5) is 22.0. The van der Waals surface area contributed by atoms with E-state index in [1.165, 1.54) is 192 Å². The van der Waals surface area contributed by atoms with Gasteiger partial charge in [-0.3, -0.25) is 0 Å². The van der Waals surface area contributed by atoms with Crippen LogP contribution in [-0.2, 0) is 0 Å². The molecule has 374 valence electrons. The van der Waals surface area contributed by atoms with E-state index < -0.39 is 0 Å². The quantitative estimate of drug-likeness (QED) is 0.0413. The van der Waals surface area contributed by atoms with Gasteiger partial charge < -0.3 is 0 Å². The molecule has 0 aliphatic rings. The van der Waals surface area contributed by atoms with Crippen LogP contribution in [0.25, 0.3) is 89.2 Å². The summed E-state index contributed by atoms with van der Waals surface area (Å²) in [6.45, 7) is 14.0. The van der Waals surface area contributed by atoms with Gasteiger partial charge in [-0.15, -0.1) is 160 Å². The molecule has 0 nitrogen and oxygen atoms in total. The first kappa shape index (κ1) is 53.8. The van der Waals surface area contributed by atoms with Crippen LogP contribution in [0, 0.1) is 13.8 Å². The maximum Gasteiger partial charge on any atom is 0.0605 e.